The number of nitrogens with zero attached hydrogens (tertiary/aromatic N) is 5. The first-order valence-corrected chi connectivity index (χ1v) is 23.7. The minimum atomic E-state index is -4.22. The van der Waals surface area contributed by atoms with Gasteiger partial charge in [-0.3, -0.25) is 27.9 Å². The second-order valence-corrected chi connectivity index (χ2v) is 24.2. The SMILES string of the molecule is CC(C)(C)[Si](C)(C)O[C@H]1[C@H]2O[P@](=O)(S)OC[C@H]3C[C@@H](Nc4ncncc4F)C[C@@H]3O[P@](=O)(S)OC[C@H]1O[C@H]2n1cnc2c(=O)[nH]c(N)nc21. The highest BCUT2D eigenvalue weighted by atomic mass is 32.7. The van der Waals surface area contributed by atoms with E-state index >= 15 is 0 Å². The molecule has 2 saturated heterocycles. The summed E-state index contributed by atoms with van der Waals surface area (Å²) in [5.41, 5.74) is 5.32. The number of rotatable bonds is 5. The molecular weight excluding hydrogens is 741 g/mol. The molecule has 17 nitrogen and oxygen atoms in total. The molecule has 1 saturated carbocycles. The highest BCUT2D eigenvalue weighted by molar-refractivity contribution is 8.44. The highest BCUT2D eigenvalue weighted by Gasteiger charge is 2.55. The summed E-state index contributed by atoms with van der Waals surface area (Å²) in [6, 6.07) is -0.395. The Balaban J connectivity index is 1.36. The second kappa shape index (κ2) is 13.6. The number of hydrogen-bond donors (Lipinski definition) is 5. The largest absolute Gasteiger partial charge is 0.408 e. The summed E-state index contributed by atoms with van der Waals surface area (Å²) >= 11 is 8.62. The summed E-state index contributed by atoms with van der Waals surface area (Å²) in [7, 11) is -2.62. The number of hydrogen-bond acceptors (Lipinski definition) is 15. The average Bonchev–Trinajstić information content (AvgIpc) is 3.66. The Morgan fingerprint density at radius 3 is 2.55 bits per heavy atom. The molecule has 3 aliphatic rings. The Labute approximate surface area is 292 Å². The van der Waals surface area contributed by atoms with Crippen LogP contribution in [0.4, 0.5) is 16.2 Å². The number of ether oxygens (including phenoxy) is 1. The number of aromatic nitrogens is 6. The summed E-state index contributed by atoms with van der Waals surface area (Å²) < 4.78 is 80.6. The van der Waals surface area contributed by atoms with E-state index in [1.165, 1.54) is 17.2 Å². The number of anilines is 2. The van der Waals surface area contributed by atoms with Crippen LogP contribution < -0.4 is 16.6 Å². The quantitative estimate of drug-likeness (QED) is 0.135. The number of H-pyrrole nitrogens is 1. The van der Waals surface area contributed by atoms with Crippen LogP contribution >= 0.6 is 38.1 Å². The third-order valence-electron chi connectivity index (χ3n) is 9.26. The normalized spacial score (nSPS) is 34.6. The van der Waals surface area contributed by atoms with Crippen molar-refractivity contribution in [2.45, 2.75) is 88.4 Å². The zero-order chi connectivity index (χ0) is 35.5. The number of nitrogens with one attached hydrogen (secondary N) is 2. The van der Waals surface area contributed by atoms with E-state index in [0.717, 1.165) is 6.20 Å². The Bertz CT molecular complexity index is 1870. The van der Waals surface area contributed by atoms with Crippen LogP contribution in [0.5, 0.6) is 0 Å². The lowest BCUT2D eigenvalue weighted by Crippen LogP contribution is -2.50. The van der Waals surface area contributed by atoms with Gasteiger partial charge >= 0.3 is 13.6 Å². The predicted molar refractivity (Wildman–Crippen MR) is 186 cm³/mol. The summed E-state index contributed by atoms with van der Waals surface area (Å²) in [6.07, 6.45) is -0.965. The topological polar surface area (TPSA) is 217 Å². The maximum absolute atomic E-state index is 14.3. The molecule has 0 amide bonds. The molecule has 5 heterocycles. The van der Waals surface area contributed by atoms with Gasteiger partial charge in [0.25, 0.3) is 5.56 Å². The first-order valence-electron chi connectivity index (χ1n) is 15.4. The van der Waals surface area contributed by atoms with Crippen LogP contribution in [0.3, 0.4) is 0 Å². The van der Waals surface area contributed by atoms with Crippen molar-refractivity contribution in [3.63, 3.8) is 0 Å². The van der Waals surface area contributed by atoms with Crippen LogP contribution in [0.1, 0.15) is 39.8 Å². The van der Waals surface area contributed by atoms with Crippen molar-refractivity contribution < 1.29 is 40.8 Å². The second-order valence-electron chi connectivity index (χ2n) is 13.7. The number of nitrogen functional groups attached to an aromatic ring is 1. The predicted octanol–water partition coefficient (Wildman–Crippen LogP) is 4.70. The fourth-order valence-electron chi connectivity index (χ4n) is 5.83. The average molecular weight is 781 g/mol. The molecule has 3 aromatic heterocycles. The fraction of sp³-hybridized carbons (Fsp3) is 0.654. The van der Waals surface area contributed by atoms with Crippen LogP contribution in [0.25, 0.3) is 11.2 Å². The van der Waals surface area contributed by atoms with E-state index in [4.69, 9.17) is 33.0 Å². The third kappa shape index (κ3) is 7.96. The molecular formula is C26H39FN8O9P2S2Si. The van der Waals surface area contributed by atoms with Crippen LogP contribution in [0.15, 0.2) is 23.6 Å². The van der Waals surface area contributed by atoms with E-state index in [1.807, 2.05) is 33.9 Å². The number of nitrogens with two attached hydrogens (primary N) is 1. The van der Waals surface area contributed by atoms with Gasteiger partial charge in [0.2, 0.25) is 5.95 Å². The van der Waals surface area contributed by atoms with Crippen LogP contribution in [0, 0.1) is 11.7 Å². The third-order valence-corrected chi connectivity index (χ3v) is 17.0. The van der Waals surface area contributed by atoms with Crippen molar-refractivity contribution in [2.75, 3.05) is 24.3 Å². The molecule has 6 rings (SSSR count). The molecule has 0 aromatic carbocycles. The molecule has 3 aromatic rings. The fourth-order valence-corrected chi connectivity index (χ4v) is 10.2. The lowest BCUT2D eigenvalue weighted by atomic mass is 10.1. The van der Waals surface area contributed by atoms with Crippen LogP contribution in [0.2, 0.25) is 18.1 Å². The summed E-state index contributed by atoms with van der Waals surface area (Å²) in [4.78, 5) is 31.1. The van der Waals surface area contributed by atoms with Crippen molar-refractivity contribution in [2.24, 2.45) is 5.92 Å². The minimum absolute atomic E-state index is 0.0129. The number of imidazole rings is 1. The lowest BCUT2D eigenvalue weighted by Gasteiger charge is -2.40. The molecule has 2 aliphatic heterocycles. The van der Waals surface area contributed by atoms with Crippen molar-refractivity contribution in [3.8, 4) is 0 Å². The van der Waals surface area contributed by atoms with Gasteiger partial charge in [-0.15, -0.1) is 0 Å². The lowest BCUT2D eigenvalue weighted by molar-refractivity contribution is -0.0482. The van der Waals surface area contributed by atoms with Crippen molar-refractivity contribution >= 4 is 69.3 Å². The Morgan fingerprint density at radius 1 is 1.12 bits per heavy atom. The van der Waals surface area contributed by atoms with Gasteiger partial charge in [-0.05, 0) is 31.0 Å². The molecule has 3 fully saturated rings. The maximum atomic E-state index is 14.3. The molecule has 4 N–H and O–H groups in total. The molecule has 9 atom stereocenters. The standard InChI is InChI=1S/C26H39FN8O9P2S2Si/c1-26(2,3)49(4,5)44-19-17-10-40-45(37,47)42-16-7-14(32-21-15(27)8-29-11-30-21)6-13(16)9-39-46(38,48)43-20(19)24(41-17)35-12-31-18-22(35)33-25(28)34-23(18)36/h8,11-14,16-17,19-20,24H,6-7,9-10H2,1-5H3,(H,37,47)(H,38,48)(H,29,30,32)(H3,28,33,34,36)/t13-,14-,16+,17-,19-,20-,24-,45-,46-/m1/s1. The number of aromatic amines is 1. The summed E-state index contributed by atoms with van der Waals surface area (Å²) in [5.74, 6) is -1.34. The molecule has 23 heteroatoms. The molecule has 270 valence electrons. The van der Waals surface area contributed by atoms with E-state index < -0.39 is 75.9 Å². The van der Waals surface area contributed by atoms with Gasteiger partial charge in [-0.25, -0.2) is 28.5 Å². The molecule has 0 radical (unpaired) electrons. The maximum Gasteiger partial charge on any atom is 0.386 e. The molecule has 49 heavy (non-hydrogen) atoms. The minimum Gasteiger partial charge on any atom is -0.408 e. The first-order chi connectivity index (χ1) is 22.8. The van der Waals surface area contributed by atoms with E-state index in [0.29, 0.717) is 6.42 Å². The monoisotopic (exact) mass is 780 g/mol. The van der Waals surface area contributed by atoms with Gasteiger partial charge in [0, 0.05) is 12.0 Å². The Hall–Kier alpha value is -1.90. The van der Waals surface area contributed by atoms with Crippen molar-refractivity contribution in [1.82, 2.24) is 29.5 Å². The van der Waals surface area contributed by atoms with E-state index in [-0.39, 0.29) is 47.6 Å². The van der Waals surface area contributed by atoms with Crippen molar-refractivity contribution in [1.29, 1.82) is 0 Å². The first kappa shape index (κ1) is 36.9. The van der Waals surface area contributed by atoms with Gasteiger partial charge in [0.1, 0.15) is 24.6 Å². The number of fused-ring (bicyclic) bond motifs is 4. The smallest absolute Gasteiger partial charge is 0.386 e. The molecule has 0 unspecified atom stereocenters. The molecule has 1 aliphatic carbocycles. The molecule has 0 spiro atoms. The molecule has 2 bridgehead atoms. The van der Waals surface area contributed by atoms with E-state index in [1.54, 1.807) is 0 Å². The summed E-state index contributed by atoms with van der Waals surface area (Å²) in [5, 5.41) is 2.73. The van der Waals surface area contributed by atoms with E-state index in [2.05, 4.69) is 54.7 Å². The van der Waals surface area contributed by atoms with Gasteiger partial charge in [0.15, 0.2) is 37.3 Å². The van der Waals surface area contributed by atoms with Gasteiger partial charge in [-0.2, -0.15) is 4.98 Å². The number of halogens is 1. The van der Waals surface area contributed by atoms with Gasteiger partial charge in [0.05, 0.1) is 31.8 Å². The zero-order valence-electron chi connectivity index (χ0n) is 27.3. The van der Waals surface area contributed by atoms with E-state index in [9.17, 15) is 18.3 Å². The van der Waals surface area contributed by atoms with Gasteiger partial charge < -0.3 is 24.7 Å². The summed E-state index contributed by atoms with van der Waals surface area (Å²) in [6.45, 7) is 1.30. The van der Waals surface area contributed by atoms with Crippen LogP contribution in [-0.4, -0.2) is 81.5 Å². The Kier molecular flexibility index (Phi) is 10.2. The highest BCUT2D eigenvalue weighted by Crippen LogP contribution is 2.61. The zero-order valence-corrected chi connectivity index (χ0v) is 31.8. The van der Waals surface area contributed by atoms with Crippen molar-refractivity contribution in [3.05, 3.63) is 35.0 Å². The van der Waals surface area contributed by atoms with Gasteiger partial charge in [-0.1, -0.05) is 45.3 Å². The number of thiol groups is 2. The Morgan fingerprint density at radius 2 is 1.84 bits per heavy atom. The van der Waals surface area contributed by atoms with Crippen LogP contribution in [-0.2, 0) is 36.4 Å².